The van der Waals surface area contributed by atoms with Gasteiger partial charge in [0, 0.05) is 11.9 Å². The highest BCUT2D eigenvalue weighted by atomic mass is 127. The summed E-state index contributed by atoms with van der Waals surface area (Å²) in [6.45, 7) is 0. The lowest BCUT2D eigenvalue weighted by atomic mass is 10.1. The molecule has 0 aliphatic heterocycles. The van der Waals surface area contributed by atoms with Crippen molar-refractivity contribution in [1.29, 1.82) is 5.26 Å². The van der Waals surface area contributed by atoms with Gasteiger partial charge in [-0.05, 0) is 34.2 Å². The third kappa shape index (κ3) is 2.13. The zero-order valence-corrected chi connectivity index (χ0v) is 9.74. The Kier molecular flexibility index (Phi) is 3.66. The van der Waals surface area contributed by atoms with E-state index < -0.39 is 4.92 Å². The molecule has 0 bridgehead atoms. The van der Waals surface area contributed by atoms with Crippen molar-refractivity contribution < 1.29 is 4.92 Å². The molecule has 0 amide bonds. The summed E-state index contributed by atoms with van der Waals surface area (Å²) in [7, 11) is 0. The third-order valence-corrected chi connectivity index (χ3v) is 2.79. The number of hydrogen-bond donors (Lipinski definition) is 0. The van der Waals surface area contributed by atoms with Crippen LogP contribution < -0.4 is 0 Å². The number of hydrogen-bond acceptors (Lipinski definition) is 3. The molecule has 1 rings (SSSR count). The van der Waals surface area contributed by atoms with Crippen LogP contribution in [-0.2, 0) is 5.88 Å². The lowest BCUT2D eigenvalue weighted by Gasteiger charge is -2.01. The summed E-state index contributed by atoms with van der Waals surface area (Å²) in [5, 5.41) is 19.3. The molecule has 0 aliphatic rings. The van der Waals surface area contributed by atoms with Gasteiger partial charge in [0.05, 0.1) is 20.1 Å². The molecule has 4 nitrogen and oxygen atoms in total. The van der Waals surface area contributed by atoms with Gasteiger partial charge in [-0.15, -0.1) is 11.6 Å². The Hall–Kier alpha value is -0.870. The lowest BCUT2D eigenvalue weighted by molar-refractivity contribution is -0.385. The van der Waals surface area contributed by atoms with E-state index in [1.54, 1.807) is 0 Å². The Morgan fingerprint density at radius 2 is 2.29 bits per heavy atom. The molecule has 6 heteroatoms. The molecule has 0 fully saturated rings. The molecule has 0 saturated carbocycles. The van der Waals surface area contributed by atoms with E-state index in [2.05, 4.69) is 0 Å². The van der Waals surface area contributed by atoms with Gasteiger partial charge in [0.2, 0.25) is 0 Å². The number of nitro benzene ring substituents is 1. The van der Waals surface area contributed by atoms with Crippen molar-refractivity contribution in [3.63, 3.8) is 0 Å². The zero-order chi connectivity index (χ0) is 10.7. The topological polar surface area (TPSA) is 66.9 Å². The van der Waals surface area contributed by atoms with Crippen LogP contribution in [0.2, 0.25) is 0 Å². The smallest absolute Gasteiger partial charge is 0.258 e. The first-order chi connectivity index (χ1) is 6.60. The number of alkyl halides is 1. The molecule has 0 N–H and O–H groups in total. The quantitative estimate of drug-likeness (QED) is 0.364. The molecule has 0 atom stereocenters. The van der Waals surface area contributed by atoms with Crippen LogP contribution in [0.5, 0.6) is 0 Å². The van der Waals surface area contributed by atoms with Crippen LogP contribution in [0, 0.1) is 25.0 Å². The van der Waals surface area contributed by atoms with E-state index >= 15 is 0 Å². The lowest BCUT2D eigenvalue weighted by Crippen LogP contribution is -1.95. The minimum absolute atomic E-state index is 0.0137. The molecule has 0 aliphatic carbocycles. The largest absolute Gasteiger partial charge is 0.283 e. The van der Waals surface area contributed by atoms with E-state index in [9.17, 15) is 10.1 Å². The van der Waals surface area contributed by atoms with Gasteiger partial charge >= 0.3 is 0 Å². The van der Waals surface area contributed by atoms with Crippen LogP contribution in [0.3, 0.4) is 0 Å². The summed E-state index contributed by atoms with van der Waals surface area (Å²) in [5.74, 6) is 0.0979. The molecule has 1 aromatic rings. The molecule has 14 heavy (non-hydrogen) atoms. The van der Waals surface area contributed by atoms with Crippen LogP contribution >= 0.6 is 34.2 Å². The van der Waals surface area contributed by atoms with E-state index in [1.165, 1.54) is 12.1 Å². The second-order valence-electron chi connectivity index (χ2n) is 2.46. The highest BCUT2D eigenvalue weighted by Crippen LogP contribution is 2.25. The summed E-state index contributed by atoms with van der Waals surface area (Å²) in [6.07, 6.45) is 0. The van der Waals surface area contributed by atoms with Crippen molar-refractivity contribution in [3.8, 4) is 6.07 Å². The summed E-state index contributed by atoms with van der Waals surface area (Å²) in [4.78, 5) is 10.1. The Labute approximate surface area is 98.8 Å². The highest BCUT2D eigenvalue weighted by Gasteiger charge is 2.15. The molecule has 0 unspecified atom stereocenters. The van der Waals surface area contributed by atoms with Gasteiger partial charge in [-0.25, -0.2) is 0 Å². The Morgan fingerprint density at radius 3 is 2.71 bits per heavy atom. The predicted molar refractivity (Wildman–Crippen MR) is 60.1 cm³/mol. The standard InChI is InChI=1S/C8H4ClIN2O2/c9-3-5-2-8(12(13)14)7(10)1-6(5)4-11/h1-2H,3H2. The van der Waals surface area contributed by atoms with Crippen LogP contribution in [0.4, 0.5) is 5.69 Å². The molecular formula is C8H4ClIN2O2. The number of rotatable bonds is 2. The molecule has 0 saturated heterocycles. The van der Waals surface area contributed by atoms with Gasteiger partial charge in [-0.3, -0.25) is 10.1 Å². The molecule has 72 valence electrons. The van der Waals surface area contributed by atoms with E-state index in [0.29, 0.717) is 14.7 Å². The molecule has 1 aromatic carbocycles. The van der Waals surface area contributed by atoms with Gasteiger partial charge in [0.1, 0.15) is 0 Å². The van der Waals surface area contributed by atoms with Gasteiger partial charge in [-0.2, -0.15) is 5.26 Å². The summed E-state index contributed by atoms with van der Waals surface area (Å²) in [5.41, 5.74) is 0.858. The van der Waals surface area contributed by atoms with Crippen molar-refractivity contribution in [1.82, 2.24) is 0 Å². The average Bonchev–Trinajstić information content (AvgIpc) is 2.16. The molecule has 0 heterocycles. The number of nitriles is 1. The molecule has 0 aromatic heterocycles. The van der Waals surface area contributed by atoms with E-state index in [-0.39, 0.29) is 11.6 Å². The van der Waals surface area contributed by atoms with Crippen molar-refractivity contribution >= 4 is 39.9 Å². The minimum Gasteiger partial charge on any atom is -0.258 e. The number of benzene rings is 1. The first kappa shape index (κ1) is 11.2. The average molecular weight is 322 g/mol. The Bertz CT molecular complexity index is 428. The maximum Gasteiger partial charge on any atom is 0.283 e. The van der Waals surface area contributed by atoms with Gasteiger partial charge in [0.25, 0.3) is 5.69 Å². The molecule has 0 radical (unpaired) electrons. The number of halogens is 2. The summed E-state index contributed by atoms with van der Waals surface area (Å²) in [6, 6.07) is 4.75. The monoisotopic (exact) mass is 322 g/mol. The van der Waals surface area contributed by atoms with Crippen molar-refractivity contribution in [3.05, 3.63) is 36.9 Å². The van der Waals surface area contributed by atoms with Crippen molar-refractivity contribution in [2.75, 3.05) is 0 Å². The Morgan fingerprint density at radius 1 is 1.64 bits per heavy atom. The normalized spacial score (nSPS) is 9.50. The predicted octanol–water partition coefficient (Wildman–Crippen LogP) is 2.81. The van der Waals surface area contributed by atoms with Crippen LogP contribution in [0.1, 0.15) is 11.1 Å². The fourth-order valence-corrected chi connectivity index (χ4v) is 1.84. The minimum atomic E-state index is -0.487. The highest BCUT2D eigenvalue weighted by molar-refractivity contribution is 14.1. The third-order valence-electron chi connectivity index (χ3n) is 1.63. The van der Waals surface area contributed by atoms with Crippen LogP contribution in [-0.4, -0.2) is 4.92 Å². The summed E-state index contributed by atoms with van der Waals surface area (Å²) >= 11 is 7.39. The van der Waals surface area contributed by atoms with E-state index in [4.69, 9.17) is 16.9 Å². The maximum atomic E-state index is 10.6. The fourth-order valence-electron chi connectivity index (χ4n) is 0.960. The first-order valence-corrected chi connectivity index (χ1v) is 5.14. The van der Waals surface area contributed by atoms with Crippen molar-refractivity contribution in [2.45, 2.75) is 5.88 Å². The fraction of sp³-hybridized carbons (Fsp3) is 0.125. The number of nitro groups is 1. The Balaban J connectivity index is 3.39. The van der Waals surface area contributed by atoms with Gasteiger partial charge < -0.3 is 0 Å². The zero-order valence-electron chi connectivity index (χ0n) is 6.83. The number of nitrogens with zero attached hydrogens (tertiary/aromatic N) is 2. The van der Waals surface area contributed by atoms with E-state index in [1.807, 2.05) is 28.7 Å². The van der Waals surface area contributed by atoms with Crippen LogP contribution in [0.25, 0.3) is 0 Å². The second-order valence-corrected chi connectivity index (χ2v) is 3.89. The maximum absolute atomic E-state index is 10.6. The van der Waals surface area contributed by atoms with Gasteiger partial charge in [-0.1, -0.05) is 0 Å². The molecule has 0 spiro atoms. The summed E-state index contributed by atoms with van der Waals surface area (Å²) < 4.78 is 0.443. The SMILES string of the molecule is N#Cc1cc(I)c([N+](=O)[O-])cc1CCl. The molecular weight excluding hydrogens is 318 g/mol. The van der Waals surface area contributed by atoms with Gasteiger partial charge in [0.15, 0.2) is 0 Å². The second kappa shape index (κ2) is 4.57. The first-order valence-electron chi connectivity index (χ1n) is 3.53. The van der Waals surface area contributed by atoms with Crippen molar-refractivity contribution in [2.24, 2.45) is 0 Å². The van der Waals surface area contributed by atoms with E-state index in [0.717, 1.165) is 0 Å². The van der Waals surface area contributed by atoms with Crippen LogP contribution in [0.15, 0.2) is 12.1 Å².